The zero-order chi connectivity index (χ0) is 34.6. The Morgan fingerprint density at radius 1 is 0.404 bits per heavy atom. The third kappa shape index (κ3) is 4.23. The summed E-state index contributed by atoms with van der Waals surface area (Å²) in [5, 5.41) is 7.36. The summed E-state index contributed by atoms with van der Waals surface area (Å²) < 4.78 is 2.69. The first-order chi connectivity index (χ1) is 25.5. The van der Waals surface area contributed by atoms with Gasteiger partial charge in [0.25, 0.3) is 0 Å². The highest BCUT2D eigenvalue weighted by Gasteiger charge is 2.36. The Morgan fingerprint density at radius 2 is 0.962 bits per heavy atom. The molecule has 0 saturated carbocycles. The van der Waals surface area contributed by atoms with Crippen LogP contribution in [0.3, 0.4) is 0 Å². The predicted molar refractivity (Wildman–Crippen MR) is 221 cm³/mol. The molecule has 2 nitrogen and oxygen atoms in total. The quantitative estimate of drug-likeness (QED) is 0.174. The van der Waals surface area contributed by atoms with Gasteiger partial charge in [-0.25, -0.2) is 0 Å². The largest absolute Gasteiger partial charge is 0.252 e. The minimum atomic E-state index is -0.147. The molecule has 2 heterocycles. The Morgan fingerprint density at radius 3 is 1.71 bits per heavy atom. The molecule has 11 rings (SSSR count). The zero-order valence-electron chi connectivity index (χ0n) is 28.8. The molecule has 0 N–H and O–H groups in total. The number of benzene rings is 8. The van der Waals surface area contributed by atoms with Crippen LogP contribution in [0.15, 0.2) is 158 Å². The van der Waals surface area contributed by atoms with E-state index < -0.39 is 0 Å². The lowest BCUT2D eigenvalue weighted by molar-refractivity contribution is 0.661. The van der Waals surface area contributed by atoms with Crippen molar-refractivity contribution in [1.29, 1.82) is 0 Å². The van der Waals surface area contributed by atoms with Gasteiger partial charge >= 0.3 is 0 Å². The van der Waals surface area contributed by atoms with Crippen LogP contribution in [0.4, 0.5) is 0 Å². The van der Waals surface area contributed by atoms with Crippen LogP contribution in [-0.2, 0) is 5.41 Å². The van der Waals surface area contributed by atoms with Crippen molar-refractivity contribution in [3.8, 4) is 44.5 Å². The fraction of sp³-hybridized carbons (Fsp3) is 0.0612. The number of hydrogen-bond acceptors (Lipinski definition) is 3. The monoisotopic (exact) mass is 680 g/mol. The molecule has 0 unspecified atom stereocenters. The van der Waals surface area contributed by atoms with Crippen LogP contribution in [-0.4, -0.2) is 9.97 Å². The molecule has 0 aliphatic heterocycles. The van der Waals surface area contributed by atoms with E-state index in [0.29, 0.717) is 0 Å². The highest BCUT2D eigenvalue weighted by Crippen LogP contribution is 2.51. The van der Waals surface area contributed by atoms with Crippen molar-refractivity contribution in [2.75, 3.05) is 0 Å². The molecular weight excluding hydrogens is 649 g/mol. The molecular formula is C49H32N2S. The predicted octanol–water partition coefficient (Wildman–Crippen LogP) is 13.6. The summed E-state index contributed by atoms with van der Waals surface area (Å²) in [6.45, 7) is 4.75. The smallest absolute Gasteiger partial charge is 0.0971 e. The lowest BCUT2D eigenvalue weighted by atomic mass is 9.80. The number of nitrogens with zero attached hydrogens (tertiary/aromatic N) is 2. The minimum Gasteiger partial charge on any atom is -0.252 e. The molecule has 1 aliphatic rings. The van der Waals surface area contributed by atoms with E-state index in [9.17, 15) is 0 Å². The average Bonchev–Trinajstić information content (AvgIpc) is 3.69. The van der Waals surface area contributed by atoms with Crippen LogP contribution in [0, 0.1) is 0 Å². The minimum absolute atomic E-state index is 0.147. The van der Waals surface area contributed by atoms with Gasteiger partial charge < -0.3 is 0 Å². The third-order valence-electron chi connectivity index (χ3n) is 11.4. The molecule has 52 heavy (non-hydrogen) atoms. The number of hydrogen-bond donors (Lipinski definition) is 0. The second kappa shape index (κ2) is 10.9. The van der Waals surface area contributed by atoms with Gasteiger partial charge in [-0.05, 0) is 96.7 Å². The number of thiophene rings is 1. The molecule has 0 atom stereocenters. The maximum atomic E-state index is 4.76. The summed E-state index contributed by atoms with van der Waals surface area (Å²) in [6.07, 6.45) is 3.58. The van der Waals surface area contributed by atoms with Gasteiger partial charge in [-0.3, -0.25) is 9.97 Å². The van der Waals surface area contributed by atoms with Crippen LogP contribution in [0.25, 0.3) is 97.3 Å². The second-order valence-corrected chi connectivity index (χ2v) is 15.6. The van der Waals surface area contributed by atoms with Gasteiger partial charge in [0.05, 0.1) is 11.0 Å². The Hall–Kier alpha value is -6.16. The average molecular weight is 681 g/mol. The normalized spacial score (nSPS) is 13.3. The Bertz CT molecular complexity index is 3080. The molecule has 0 bridgehead atoms. The van der Waals surface area contributed by atoms with E-state index in [1.54, 1.807) is 12.4 Å². The zero-order valence-corrected chi connectivity index (χ0v) is 29.6. The Kier molecular flexibility index (Phi) is 6.21. The van der Waals surface area contributed by atoms with E-state index >= 15 is 0 Å². The van der Waals surface area contributed by atoms with Gasteiger partial charge in [-0.1, -0.05) is 129 Å². The maximum absolute atomic E-state index is 4.76. The van der Waals surface area contributed by atoms with E-state index in [1.807, 2.05) is 11.3 Å². The van der Waals surface area contributed by atoms with E-state index in [-0.39, 0.29) is 5.41 Å². The standard InChI is InChI=1S/C49H32N2S/c1-49(2)43-27-31(29-9-7-10-33(25-29)34-14-8-15-41-38-12-5-6-16-45(38)52-48(34)41)17-20-36(43)37-21-18-32(28-44(37)49)30-19-22-40-42(26-30)35-11-3-4-13-39(35)46-47(40)51-24-23-50-46/h3-28H,1-2H3. The Balaban J connectivity index is 0.988. The van der Waals surface area contributed by atoms with Crippen molar-refractivity contribution in [3.63, 3.8) is 0 Å². The molecule has 2 aromatic heterocycles. The summed E-state index contributed by atoms with van der Waals surface area (Å²) >= 11 is 1.89. The molecule has 0 radical (unpaired) electrons. The topological polar surface area (TPSA) is 25.8 Å². The molecule has 0 saturated heterocycles. The first-order valence-corrected chi connectivity index (χ1v) is 18.7. The van der Waals surface area contributed by atoms with Crippen LogP contribution in [0.5, 0.6) is 0 Å². The van der Waals surface area contributed by atoms with Crippen molar-refractivity contribution >= 4 is 64.1 Å². The molecule has 3 heteroatoms. The van der Waals surface area contributed by atoms with Gasteiger partial charge in [-0.15, -0.1) is 11.3 Å². The molecule has 8 aromatic carbocycles. The van der Waals surface area contributed by atoms with E-state index in [0.717, 1.165) is 21.8 Å². The van der Waals surface area contributed by atoms with Crippen LogP contribution < -0.4 is 0 Å². The fourth-order valence-electron chi connectivity index (χ4n) is 8.75. The molecule has 0 spiro atoms. The van der Waals surface area contributed by atoms with E-state index in [1.165, 1.54) is 86.6 Å². The first kappa shape index (κ1) is 29.6. The van der Waals surface area contributed by atoms with Gasteiger partial charge in [0.15, 0.2) is 0 Å². The van der Waals surface area contributed by atoms with Crippen LogP contribution in [0.2, 0.25) is 0 Å². The van der Waals surface area contributed by atoms with Crippen molar-refractivity contribution in [2.45, 2.75) is 19.3 Å². The van der Waals surface area contributed by atoms with Crippen LogP contribution >= 0.6 is 11.3 Å². The number of rotatable bonds is 3. The van der Waals surface area contributed by atoms with Crippen molar-refractivity contribution in [2.24, 2.45) is 0 Å². The third-order valence-corrected chi connectivity index (χ3v) is 12.6. The molecule has 10 aromatic rings. The number of aromatic nitrogens is 2. The molecule has 0 amide bonds. The fourth-order valence-corrected chi connectivity index (χ4v) is 9.99. The SMILES string of the molecule is CC1(C)c2cc(-c3cccc(-c4cccc5c4sc4ccccc45)c3)ccc2-c2ccc(-c3ccc4c(c3)c3ccccc3c3nccnc43)cc21. The van der Waals surface area contributed by atoms with Gasteiger partial charge in [-0.2, -0.15) is 0 Å². The highest BCUT2D eigenvalue weighted by molar-refractivity contribution is 7.26. The summed E-state index contributed by atoms with van der Waals surface area (Å²) in [6, 6.07) is 54.0. The van der Waals surface area contributed by atoms with Crippen LogP contribution in [0.1, 0.15) is 25.0 Å². The molecule has 1 aliphatic carbocycles. The molecule has 244 valence electrons. The summed E-state index contributed by atoms with van der Waals surface area (Å²) in [5.74, 6) is 0. The van der Waals surface area contributed by atoms with Crippen molar-refractivity contribution < 1.29 is 0 Å². The lowest BCUT2D eigenvalue weighted by Gasteiger charge is -2.23. The summed E-state index contributed by atoms with van der Waals surface area (Å²) in [4.78, 5) is 9.47. The molecule has 0 fully saturated rings. The van der Waals surface area contributed by atoms with Crippen molar-refractivity contribution in [1.82, 2.24) is 9.97 Å². The number of fused-ring (bicyclic) bond motifs is 12. The second-order valence-electron chi connectivity index (χ2n) is 14.6. The van der Waals surface area contributed by atoms with Gasteiger partial charge in [0.1, 0.15) is 0 Å². The van der Waals surface area contributed by atoms with E-state index in [4.69, 9.17) is 9.97 Å². The summed E-state index contributed by atoms with van der Waals surface area (Å²) in [7, 11) is 0. The highest BCUT2D eigenvalue weighted by atomic mass is 32.1. The van der Waals surface area contributed by atoms with Crippen molar-refractivity contribution in [3.05, 3.63) is 169 Å². The van der Waals surface area contributed by atoms with Gasteiger partial charge in [0, 0.05) is 48.8 Å². The first-order valence-electron chi connectivity index (χ1n) is 17.9. The maximum Gasteiger partial charge on any atom is 0.0971 e. The summed E-state index contributed by atoms with van der Waals surface area (Å²) in [5.41, 5.74) is 14.6. The lowest BCUT2D eigenvalue weighted by Crippen LogP contribution is -2.15. The van der Waals surface area contributed by atoms with Gasteiger partial charge in [0.2, 0.25) is 0 Å². The Labute approximate surface area is 305 Å². The van der Waals surface area contributed by atoms with E-state index in [2.05, 4.69) is 159 Å².